The SMILES string of the molecule is CCCC(CCCC(C(C)C)C(C)C)C(C)C. The predicted molar refractivity (Wildman–Crippen MR) is 80.3 cm³/mol. The van der Waals surface area contributed by atoms with E-state index >= 15 is 0 Å². The zero-order valence-corrected chi connectivity index (χ0v) is 13.4. The Kier molecular flexibility index (Phi) is 9.00. The number of hydrogen-bond donors (Lipinski definition) is 0. The van der Waals surface area contributed by atoms with E-state index in [1.807, 2.05) is 0 Å². The molecule has 0 amide bonds. The molecule has 17 heavy (non-hydrogen) atoms. The smallest absolute Gasteiger partial charge is 0.0368 e. The van der Waals surface area contributed by atoms with Gasteiger partial charge in [-0.05, 0) is 36.0 Å². The van der Waals surface area contributed by atoms with E-state index in [4.69, 9.17) is 0 Å². The summed E-state index contributed by atoms with van der Waals surface area (Å²) in [6, 6.07) is 0. The maximum absolute atomic E-state index is 2.39. The highest BCUT2D eigenvalue weighted by Crippen LogP contribution is 2.29. The maximum atomic E-state index is 2.39. The average Bonchev–Trinajstić information content (AvgIpc) is 2.20. The lowest BCUT2D eigenvalue weighted by Crippen LogP contribution is -2.16. The summed E-state index contributed by atoms with van der Waals surface area (Å²) < 4.78 is 0. The molecule has 0 heteroatoms. The van der Waals surface area contributed by atoms with Crippen molar-refractivity contribution in [2.45, 2.75) is 80.6 Å². The van der Waals surface area contributed by atoms with Crippen molar-refractivity contribution in [3.8, 4) is 0 Å². The standard InChI is InChI=1S/C17H36/c1-8-10-16(13(2)3)11-9-12-17(14(4)5)15(6)7/h13-17H,8-12H2,1-7H3. The van der Waals surface area contributed by atoms with E-state index < -0.39 is 0 Å². The van der Waals surface area contributed by atoms with Gasteiger partial charge in [0.15, 0.2) is 0 Å². The van der Waals surface area contributed by atoms with E-state index in [1.165, 1.54) is 32.1 Å². The summed E-state index contributed by atoms with van der Waals surface area (Å²) in [5.74, 6) is 4.44. The molecule has 0 N–H and O–H groups in total. The van der Waals surface area contributed by atoms with Gasteiger partial charge in [-0.25, -0.2) is 0 Å². The Bertz CT molecular complexity index is 159. The molecule has 0 aromatic heterocycles. The molecule has 0 radical (unpaired) electrons. The van der Waals surface area contributed by atoms with Gasteiger partial charge in [-0.3, -0.25) is 0 Å². The third kappa shape index (κ3) is 7.11. The van der Waals surface area contributed by atoms with Crippen molar-refractivity contribution in [2.24, 2.45) is 29.6 Å². The van der Waals surface area contributed by atoms with E-state index in [0.717, 1.165) is 29.6 Å². The third-order valence-corrected chi connectivity index (χ3v) is 4.43. The van der Waals surface area contributed by atoms with Gasteiger partial charge in [-0.2, -0.15) is 0 Å². The number of rotatable bonds is 9. The summed E-state index contributed by atoms with van der Waals surface area (Å²) in [5.41, 5.74) is 0. The molecular weight excluding hydrogens is 204 g/mol. The van der Waals surface area contributed by atoms with E-state index in [0.29, 0.717) is 0 Å². The van der Waals surface area contributed by atoms with E-state index in [9.17, 15) is 0 Å². The van der Waals surface area contributed by atoms with E-state index in [-0.39, 0.29) is 0 Å². The highest BCUT2D eigenvalue weighted by Gasteiger charge is 2.18. The Morgan fingerprint density at radius 3 is 1.53 bits per heavy atom. The quantitative estimate of drug-likeness (QED) is 0.453. The third-order valence-electron chi connectivity index (χ3n) is 4.43. The molecule has 104 valence electrons. The van der Waals surface area contributed by atoms with Crippen molar-refractivity contribution >= 4 is 0 Å². The van der Waals surface area contributed by atoms with Crippen molar-refractivity contribution in [3.05, 3.63) is 0 Å². The molecule has 0 saturated heterocycles. The normalized spacial score (nSPS) is 14.3. The first-order valence-corrected chi connectivity index (χ1v) is 7.90. The Balaban J connectivity index is 4.00. The van der Waals surface area contributed by atoms with Gasteiger partial charge in [0, 0.05) is 0 Å². The largest absolute Gasteiger partial charge is 0.0654 e. The number of hydrogen-bond acceptors (Lipinski definition) is 0. The van der Waals surface area contributed by atoms with Gasteiger partial charge >= 0.3 is 0 Å². The van der Waals surface area contributed by atoms with E-state index in [2.05, 4.69) is 48.5 Å². The molecule has 1 atom stereocenters. The highest BCUT2D eigenvalue weighted by molar-refractivity contribution is 4.69. The van der Waals surface area contributed by atoms with Gasteiger partial charge in [0.05, 0.1) is 0 Å². The first kappa shape index (κ1) is 17.0. The summed E-state index contributed by atoms with van der Waals surface area (Å²) in [4.78, 5) is 0. The lowest BCUT2D eigenvalue weighted by Gasteiger charge is -2.26. The first-order valence-electron chi connectivity index (χ1n) is 7.90. The van der Waals surface area contributed by atoms with Crippen molar-refractivity contribution in [1.29, 1.82) is 0 Å². The Morgan fingerprint density at radius 1 is 0.647 bits per heavy atom. The second-order valence-corrected chi connectivity index (χ2v) is 6.88. The molecule has 0 aliphatic heterocycles. The zero-order valence-electron chi connectivity index (χ0n) is 13.4. The van der Waals surface area contributed by atoms with Gasteiger partial charge in [0.1, 0.15) is 0 Å². The zero-order chi connectivity index (χ0) is 13.4. The molecule has 0 bridgehead atoms. The fourth-order valence-corrected chi connectivity index (χ4v) is 3.23. The second-order valence-electron chi connectivity index (χ2n) is 6.88. The topological polar surface area (TPSA) is 0 Å². The lowest BCUT2D eigenvalue weighted by atomic mass is 9.79. The Hall–Kier alpha value is 0. The molecule has 1 unspecified atom stereocenters. The molecule has 0 fully saturated rings. The predicted octanol–water partition coefficient (Wildman–Crippen LogP) is 6.16. The summed E-state index contributed by atoms with van der Waals surface area (Å²) in [7, 11) is 0. The summed E-state index contributed by atoms with van der Waals surface area (Å²) in [6.45, 7) is 16.6. The first-order chi connectivity index (χ1) is 7.90. The molecule has 0 nitrogen and oxygen atoms in total. The minimum absolute atomic E-state index is 0.846. The molecule has 0 aliphatic rings. The molecule has 0 spiro atoms. The highest BCUT2D eigenvalue weighted by atomic mass is 14.2. The van der Waals surface area contributed by atoms with E-state index in [1.54, 1.807) is 0 Å². The fraction of sp³-hybridized carbons (Fsp3) is 1.00. The average molecular weight is 240 g/mol. The summed E-state index contributed by atoms with van der Waals surface area (Å²) in [6.07, 6.45) is 7.08. The van der Waals surface area contributed by atoms with Crippen LogP contribution in [0.5, 0.6) is 0 Å². The molecule has 0 aromatic carbocycles. The van der Waals surface area contributed by atoms with Crippen LogP contribution in [0.25, 0.3) is 0 Å². The van der Waals surface area contributed by atoms with Gasteiger partial charge in [0.2, 0.25) is 0 Å². The second kappa shape index (κ2) is 9.00. The minimum atomic E-state index is 0.846. The molecule has 0 aliphatic carbocycles. The van der Waals surface area contributed by atoms with Crippen LogP contribution in [0.1, 0.15) is 80.6 Å². The summed E-state index contributed by atoms with van der Waals surface area (Å²) >= 11 is 0. The van der Waals surface area contributed by atoms with Gasteiger partial charge in [-0.1, -0.05) is 74.1 Å². The molecular formula is C17H36. The van der Waals surface area contributed by atoms with Crippen LogP contribution in [0, 0.1) is 29.6 Å². The van der Waals surface area contributed by atoms with Gasteiger partial charge in [-0.15, -0.1) is 0 Å². The Labute approximate surface area is 111 Å². The molecule has 0 aromatic rings. The Morgan fingerprint density at radius 2 is 1.18 bits per heavy atom. The van der Waals surface area contributed by atoms with Crippen LogP contribution in [0.3, 0.4) is 0 Å². The maximum Gasteiger partial charge on any atom is -0.0368 e. The van der Waals surface area contributed by atoms with Crippen molar-refractivity contribution in [3.63, 3.8) is 0 Å². The lowest BCUT2D eigenvalue weighted by molar-refractivity contribution is 0.243. The van der Waals surface area contributed by atoms with Gasteiger partial charge < -0.3 is 0 Å². The van der Waals surface area contributed by atoms with Crippen molar-refractivity contribution in [1.82, 2.24) is 0 Å². The van der Waals surface area contributed by atoms with Crippen molar-refractivity contribution in [2.75, 3.05) is 0 Å². The van der Waals surface area contributed by atoms with Crippen LogP contribution in [0.4, 0.5) is 0 Å². The van der Waals surface area contributed by atoms with Crippen LogP contribution in [-0.4, -0.2) is 0 Å². The van der Waals surface area contributed by atoms with Crippen molar-refractivity contribution < 1.29 is 0 Å². The van der Waals surface area contributed by atoms with Crippen LogP contribution in [-0.2, 0) is 0 Å². The fourth-order valence-electron chi connectivity index (χ4n) is 3.23. The molecule has 0 rings (SSSR count). The minimum Gasteiger partial charge on any atom is -0.0654 e. The summed E-state index contributed by atoms with van der Waals surface area (Å²) in [5, 5.41) is 0. The van der Waals surface area contributed by atoms with Crippen LogP contribution in [0.2, 0.25) is 0 Å². The van der Waals surface area contributed by atoms with Crippen LogP contribution < -0.4 is 0 Å². The molecule has 0 saturated carbocycles. The van der Waals surface area contributed by atoms with Crippen LogP contribution >= 0.6 is 0 Å². The molecule has 0 heterocycles. The van der Waals surface area contributed by atoms with Gasteiger partial charge in [0.25, 0.3) is 0 Å². The monoisotopic (exact) mass is 240 g/mol. The van der Waals surface area contributed by atoms with Crippen LogP contribution in [0.15, 0.2) is 0 Å².